The van der Waals surface area contributed by atoms with Crippen molar-refractivity contribution in [3.8, 4) is 11.1 Å². The number of carbonyl (C=O) groups is 3. The monoisotopic (exact) mass is 368 g/mol. The minimum absolute atomic E-state index is 0.0688. The molecule has 27 heavy (non-hydrogen) atoms. The first-order valence-corrected chi connectivity index (χ1v) is 7.86. The van der Waals surface area contributed by atoms with Gasteiger partial charge in [0, 0.05) is 18.6 Å². The molecule has 0 aliphatic rings. The summed E-state index contributed by atoms with van der Waals surface area (Å²) in [6.07, 6.45) is 4.85. The lowest BCUT2D eigenvalue weighted by molar-refractivity contribution is 0.0536. The van der Waals surface area contributed by atoms with Gasteiger partial charge in [0.15, 0.2) is 0 Å². The summed E-state index contributed by atoms with van der Waals surface area (Å²) in [5, 5.41) is 0. The third-order valence-corrected chi connectivity index (χ3v) is 4.11. The van der Waals surface area contributed by atoms with Gasteiger partial charge in [-0.05, 0) is 35.4 Å². The van der Waals surface area contributed by atoms with Crippen molar-refractivity contribution in [3.63, 3.8) is 0 Å². The number of nitrogens with zero attached hydrogens (tertiary/aromatic N) is 2. The first kappa shape index (κ1) is 18.1. The molecule has 3 rings (SSSR count). The lowest BCUT2D eigenvalue weighted by atomic mass is 10.1. The van der Waals surface area contributed by atoms with Gasteiger partial charge >= 0.3 is 17.9 Å². The fourth-order valence-electron chi connectivity index (χ4n) is 2.89. The Labute approximate surface area is 154 Å². The summed E-state index contributed by atoms with van der Waals surface area (Å²) >= 11 is 0. The molecule has 3 heterocycles. The maximum Gasteiger partial charge on any atom is 0.355 e. The summed E-state index contributed by atoms with van der Waals surface area (Å²) in [4.78, 5) is 41.1. The molecule has 3 aromatic rings. The van der Waals surface area contributed by atoms with Crippen LogP contribution in [0.25, 0.3) is 16.6 Å². The van der Waals surface area contributed by atoms with Crippen LogP contribution >= 0.6 is 0 Å². The van der Waals surface area contributed by atoms with Gasteiger partial charge in [-0.25, -0.2) is 14.4 Å². The topological polar surface area (TPSA) is 96.2 Å². The first-order chi connectivity index (χ1) is 13.0. The van der Waals surface area contributed by atoms with Crippen LogP contribution in [-0.4, -0.2) is 48.6 Å². The molecule has 0 aliphatic heterocycles. The summed E-state index contributed by atoms with van der Waals surface area (Å²) in [5.74, 6) is -2.39. The molecule has 0 amide bonds. The summed E-state index contributed by atoms with van der Waals surface area (Å²) in [7, 11) is 3.54. The number of ether oxygens (including phenoxy) is 3. The van der Waals surface area contributed by atoms with Crippen molar-refractivity contribution in [2.75, 3.05) is 21.3 Å². The molecule has 0 fully saturated rings. The van der Waals surface area contributed by atoms with E-state index in [0.717, 1.165) is 18.2 Å². The quantitative estimate of drug-likeness (QED) is 0.515. The van der Waals surface area contributed by atoms with Crippen molar-refractivity contribution >= 4 is 23.4 Å². The van der Waals surface area contributed by atoms with Crippen molar-refractivity contribution in [3.05, 3.63) is 59.7 Å². The average molecular weight is 368 g/mol. The van der Waals surface area contributed by atoms with E-state index in [1.54, 1.807) is 42.9 Å². The summed E-state index contributed by atoms with van der Waals surface area (Å²) < 4.78 is 15.8. The molecular weight excluding hydrogens is 352 g/mol. The van der Waals surface area contributed by atoms with Crippen molar-refractivity contribution < 1.29 is 28.6 Å². The lowest BCUT2D eigenvalue weighted by Crippen LogP contribution is -2.15. The number of methoxy groups -OCH3 is 3. The van der Waals surface area contributed by atoms with Crippen LogP contribution in [0.3, 0.4) is 0 Å². The summed E-state index contributed by atoms with van der Waals surface area (Å²) in [5.41, 5.74) is 1.55. The number of rotatable bonds is 4. The predicted molar refractivity (Wildman–Crippen MR) is 94.6 cm³/mol. The Morgan fingerprint density at radius 2 is 1.41 bits per heavy atom. The average Bonchev–Trinajstić information content (AvgIpc) is 3.07. The normalized spacial score (nSPS) is 10.5. The van der Waals surface area contributed by atoms with Crippen LogP contribution in [0.2, 0.25) is 0 Å². The zero-order valence-electron chi connectivity index (χ0n) is 14.9. The highest BCUT2D eigenvalue weighted by atomic mass is 16.5. The third kappa shape index (κ3) is 3.01. The molecular formula is C19H16N2O6. The smallest absolute Gasteiger partial charge is 0.355 e. The molecule has 8 nitrogen and oxygen atoms in total. The van der Waals surface area contributed by atoms with Crippen LogP contribution in [0, 0.1) is 0 Å². The Morgan fingerprint density at radius 1 is 0.815 bits per heavy atom. The Hall–Kier alpha value is -3.68. The molecule has 0 spiro atoms. The van der Waals surface area contributed by atoms with Crippen molar-refractivity contribution in [2.24, 2.45) is 0 Å². The van der Waals surface area contributed by atoms with Crippen LogP contribution in [0.15, 0.2) is 42.9 Å². The molecule has 0 aliphatic carbocycles. The molecule has 0 atom stereocenters. The van der Waals surface area contributed by atoms with E-state index < -0.39 is 17.9 Å². The van der Waals surface area contributed by atoms with Gasteiger partial charge in [-0.2, -0.15) is 0 Å². The van der Waals surface area contributed by atoms with E-state index in [1.807, 2.05) is 0 Å². The highest BCUT2D eigenvalue weighted by molar-refractivity contribution is 6.14. The molecule has 0 saturated carbocycles. The van der Waals surface area contributed by atoms with E-state index >= 15 is 0 Å². The van der Waals surface area contributed by atoms with Crippen LogP contribution in [-0.2, 0) is 14.2 Å². The molecule has 0 bridgehead atoms. The second kappa shape index (κ2) is 7.28. The Bertz CT molecular complexity index is 1040. The SMILES string of the molecule is COC(=O)c1c(C(=O)OC)c2cc(-c3ccncc3)ccn2c1C(=O)OC. The van der Waals surface area contributed by atoms with Crippen molar-refractivity contribution in [1.29, 1.82) is 0 Å². The van der Waals surface area contributed by atoms with Gasteiger partial charge in [-0.3, -0.25) is 4.98 Å². The number of esters is 3. The van der Waals surface area contributed by atoms with E-state index in [-0.39, 0.29) is 16.8 Å². The van der Waals surface area contributed by atoms with Crippen molar-refractivity contribution in [1.82, 2.24) is 9.38 Å². The number of fused-ring (bicyclic) bond motifs is 1. The second-order valence-corrected chi connectivity index (χ2v) is 5.48. The minimum atomic E-state index is -0.843. The minimum Gasteiger partial charge on any atom is -0.465 e. The Morgan fingerprint density at radius 3 is 2.00 bits per heavy atom. The fraction of sp³-hybridized carbons (Fsp3) is 0.158. The third-order valence-electron chi connectivity index (χ3n) is 4.11. The van der Waals surface area contributed by atoms with Crippen LogP contribution in [0.1, 0.15) is 31.2 Å². The number of aromatic nitrogens is 2. The largest absolute Gasteiger partial charge is 0.465 e. The predicted octanol–water partition coefficient (Wildman–Crippen LogP) is 2.36. The number of carbonyl (C=O) groups excluding carboxylic acids is 3. The fourth-order valence-corrected chi connectivity index (χ4v) is 2.89. The molecule has 138 valence electrons. The van der Waals surface area contributed by atoms with Gasteiger partial charge in [0.25, 0.3) is 0 Å². The van der Waals surface area contributed by atoms with Gasteiger partial charge < -0.3 is 18.6 Å². The van der Waals surface area contributed by atoms with Gasteiger partial charge in [0.2, 0.25) is 0 Å². The van der Waals surface area contributed by atoms with E-state index in [9.17, 15) is 14.4 Å². The summed E-state index contributed by atoms with van der Waals surface area (Å²) in [6.45, 7) is 0. The number of pyridine rings is 2. The van der Waals surface area contributed by atoms with E-state index in [0.29, 0.717) is 5.52 Å². The Balaban J connectivity index is 2.41. The standard InChI is InChI=1S/C19H16N2O6/c1-25-17(22)14-13-10-12(11-4-7-20-8-5-11)6-9-21(13)16(19(24)27-3)15(14)18(23)26-2/h4-10H,1-3H3. The van der Waals surface area contributed by atoms with Crippen LogP contribution in [0.5, 0.6) is 0 Å². The van der Waals surface area contributed by atoms with Crippen LogP contribution < -0.4 is 0 Å². The van der Waals surface area contributed by atoms with Gasteiger partial charge in [0.05, 0.1) is 26.8 Å². The molecule has 0 N–H and O–H groups in total. The molecule has 0 aromatic carbocycles. The Kier molecular flexibility index (Phi) is 4.89. The summed E-state index contributed by atoms with van der Waals surface area (Å²) in [6, 6.07) is 7.03. The first-order valence-electron chi connectivity index (χ1n) is 7.86. The lowest BCUT2D eigenvalue weighted by Gasteiger charge is -2.05. The zero-order chi connectivity index (χ0) is 19.6. The molecule has 8 heteroatoms. The van der Waals surface area contributed by atoms with Gasteiger partial charge in [0.1, 0.15) is 16.8 Å². The molecule has 0 saturated heterocycles. The molecule has 0 radical (unpaired) electrons. The molecule has 0 unspecified atom stereocenters. The highest BCUT2D eigenvalue weighted by Crippen LogP contribution is 2.30. The van der Waals surface area contributed by atoms with Gasteiger partial charge in [-0.1, -0.05) is 0 Å². The second-order valence-electron chi connectivity index (χ2n) is 5.48. The maximum atomic E-state index is 12.4. The van der Waals surface area contributed by atoms with E-state index in [4.69, 9.17) is 14.2 Å². The number of hydrogen-bond acceptors (Lipinski definition) is 7. The van der Waals surface area contributed by atoms with Crippen molar-refractivity contribution in [2.45, 2.75) is 0 Å². The molecule has 3 aromatic heterocycles. The van der Waals surface area contributed by atoms with Gasteiger partial charge in [-0.15, -0.1) is 0 Å². The number of hydrogen-bond donors (Lipinski definition) is 0. The van der Waals surface area contributed by atoms with Crippen LogP contribution in [0.4, 0.5) is 0 Å². The zero-order valence-corrected chi connectivity index (χ0v) is 14.9. The maximum absolute atomic E-state index is 12.4. The highest BCUT2D eigenvalue weighted by Gasteiger charge is 2.33. The van der Waals surface area contributed by atoms with E-state index in [1.165, 1.54) is 18.6 Å². The van der Waals surface area contributed by atoms with E-state index in [2.05, 4.69) is 4.98 Å².